The van der Waals surface area contributed by atoms with E-state index in [2.05, 4.69) is 10.4 Å². The fourth-order valence-corrected chi connectivity index (χ4v) is 3.37. The van der Waals surface area contributed by atoms with Gasteiger partial charge in [0, 0.05) is 18.8 Å². The summed E-state index contributed by atoms with van der Waals surface area (Å²) in [6, 6.07) is 6.46. The number of benzene rings is 1. The highest BCUT2D eigenvalue weighted by Crippen LogP contribution is 2.24. The number of hydrogen-bond donors (Lipinski definition) is 1. The molecule has 10 heteroatoms. The lowest BCUT2D eigenvalue weighted by Gasteiger charge is -2.15. The normalized spacial score (nSPS) is 18.4. The van der Waals surface area contributed by atoms with Crippen molar-refractivity contribution in [3.8, 4) is 5.75 Å². The smallest absolute Gasteiger partial charge is 0.354 e. The van der Waals surface area contributed by atoms with Crippen LogP contribution < -0.4 is 20.6 Å². The second-order valence-corrected chi connectivity index (χ2v) is 6.70. The van der Waals surface area contributed by atoms with Gasteiger partial charge < -0.3 is 14.8 Å². The molecule has 2 aliphatic rings. The van der Waals surface area contributed by atoms with Crippen molar-refractivity contribution >= 4 is 17.6 Å². The Bertz CT molecular complexity index is 942. The van der Waals surface area contributed by atoms with Crippen LogP contribution in [0.4, 0.5) is 10.5 Å². The van der Waals surface area contributed by atoms with Crippen LogP contribution in [0.15, 0.2) is 29.1 Å². The first-order chi connectivity index (χ1) is 13.6. The number of carbonyl (C=O) groups excluding carboxylic acids is 2. The molecule has 1 aromatic heterocycles. The minimum atomic E-state index is -0.622. The van der Waals surface area contributed by atoms with Crippen molar-refractivity contribution in [3.63, 3.8) is 0 Å². The van der Waals surface area contributed by atoms with E-state index in [0.717, 1.165) is 22.1 Å². The molecule has 0 saturated carbocycles. The Balaban J connectivity index is 1.43. The fourth-order valence-electron chi connectivity index (χ4n) is 3.37. The van der Waals surface area contributed by atoms with Crippen LogP contribution in [-0.2, 0) is 22.6 Å². The summed E-state index contributed by atoms with van der Waals surface area (Å²) >= 11 is 0. The first-order valence-corrected chi connectivity index (χ1v) is 9.10. The third-order valence-corrected chi connectivity index (χ3v) is 4.86. The summed E-state index contributed by atoms with van der Waals surface area (Å²) in [6.45, 7) is 1.04. The maximum absolute atomic E-state index is 12.7. The Morgan fingerprint density at radius 2 is 2.11 bits per heavy atom. The molecule has 3 heterocycles. The molecule has 1 fully saturated rings. The third-order valence-electron chi connectivity index (χ3n) is 4.86. The number of ether oxygens (including phenoxy) is 2. The zero-order valence-corrected chi connectivity index (χ0v) is 15.5. The van der Waals surface area contributed by atoms with E-state index in [1.807, 2.05) is 0 Å². The van der Waals surface area contributed by atoms with Crippen molar-refractivity contribution in [1.29, 1.82) is 0 Å². The van der Waals surface area contributed by atoms with Gasteiger partial charge in [0.1, 0.15) is 12.3 Å². The average molecular weight is 387 g/mol. The van der Waals surface area contributed by atoms with Gasteiger partial charge in [-0.1, -0.05) is 0 Å². The van der Waals surface area contributed by atoms with Crippen LogP contribution >= 0.6 is 0 Å². The molecule has 148 valence electrons. The molecule has 1 N–H and O–H groups in total. The van der Waals surface area contributed by atoms with E-state index >= 15 is 0 Å². The Labute approximate surface area is 160 Å². The molecule has 0 unspecified atom stereocenters. The SMILES string of the molecule is COc1ccc(N2Cc3nn(CC(=O)NC[C@@H]4CCCO4)c(=O)n3C2=O)cc1. The van der Waals surface area contributed by atoms with Crippen molar-refractivity contribution in [2.24, 2.45) is 0 Å². The molecule has 4 rings (SSSR count). The lowest BCUT2D eigenvalue weighted by molar-refractivity contribution is -0.122. The molecular formula is C18H21N5O5. The highest BCUT2D eigenvalue weighted by atomic mass is 16.5. The van der Waals surface area contributed by atoms with Gasteiger partial charge in [-0.2, -0.15) is 9.67 Å². The van der Waals surface area contributed by atoms with Crippen LogP contribution in [0.2, 0.25) is 0 Å². The minimum absolute atomic E-state index is 0.0207. The molecule has 0 bridgehead atoms. The molecule has 2 aromatic rings. The minimum Gasteiger partial charge on any atom is -0.497 e. The largest absolute Gasteiger partial charge is 0.497 e. The van der Waals surface area contributed by atoms with Crippen LogP contribution in [0.1, 0.15) is 18.7 Å². The number of carbonyl (C=O) groups is 2. The highest BCUT2D eigenvalue weighted by Gasteiger charge is 2.33. The van der Waals surface area contributed by atoms with E-state index in [4.69, 9.17) is 9.47 Å². The molecule has 1 atom stereocenters. The van der Waals surface area contributed by atoms with Gasteiger partial charge in [0.2, 0.25) is 5.91 Å². The van der Waals surface area contributed by atoms with Gasteiger partial charge in [-0.25, -0.2) is 14.3 Å². The average Bonchev–Trinajstić information content (AvgIpc) is 3.40. The monoisotopic (exact) mass is 387 g/mol. The van der Waals surface area contributed by atoms with Gasteiger partial charge in [-0.3, -0.25) is 9.69 Å². The van der Waals surface area contributed by atoms with Crippen molar-refractivity contribution in [3.05, 3.63) is 40.6 Å². The summed E-state index contributed by atoms with van der Waals surface area (Å²) in [7, 11) is 1.56. The molecule has 1 aromatic carbocycles. The summed E-state index contributed by atoms with van der Waals surface area (Å²) in [5, 5.41) is 6.90. The topological polar surface area (TPSA) is 108 Å². The maximum Gasteiger partial charge on any atom is 0.354 e. The second kappa shape index (κ2) is 7.47. The van der Waals surface area contributed by atoms with Crippen LogP contribution in [0.5, 0.6) is 5.75 Å². The Kier molecular flexibility index (Phi) is 4.86. The zero-order valence-electron chi connectivity index (χ0n) is 15.5. The number of hydrogen-bond acceptors (Lipinski definition) is 6. The van der Waals surface area contributed by atoms with Crippen molar-refractivity contribution < 1.29 is 19.1 Å². The van der Waals surface area contributed by atoms with E-state index in [9.17, 15) is 14.4 Å². The van der Waals surface area contributed by atoms with Crippen LogP contribution in [0.3, 0.4) is 0 Å². The van der Waals surface area contributed by atoms with Gasteiger partial charge in [0.05, 0.1) is 19.8 Å². The third kappa shape index (κ3) is 3.38. The summed E-state index contributed by atoms with van der Waals surface area (Å²) < 4.78 is 12.6. The molecule has 0 aliphatic carbocycles. The van der Waals surface area contributed by atoms with Crippen LogP contribution in [0.25, 0.3) is 0 Å². The van der Waals surface area contributed by atoms with Gasteiger partial charge >= 0.3 is 11.7 Å². The molecule has 0 spiro atoms. The predicted octanol–water partition coefficient (Wildman–Crippen LogP) is 0.337. The summed E-state index contributed by atoms with van der Waals surface area (Å²) in [6.07, 6.45) is 1.92. The summed E-state index contributed by atoms with van der Waals surface area (Å²) in [4.78, 5) is 38.7. The van der Waals surface area contributed by atoms with Gasteiger partial charge in [-0.15, -0.1) is 0 Å². The molecule has 1 saturated heterocycles. The second-order valence-electron chi connectivity index (χ2n) is 6.70. The lowest BCUT2D eigenvalue weighted by atomic mass is 10.2. The molecule has 2 aliphatic heterocycles. The number of aromatic nitrogens is 3. The van der Waals surface area contributed by atoms with Gasteiger partial charge in [0.25, 0.3) is 0 Å². The maximum atomic E-state index is 12.7. The zero-order chi connectivity index (χ0) is 19.7. The summed E-state index contributed by atoms with van der Waals surface area (Å²) in [5.74, 6) is 0.635. The van der Waals surface area contributed by atoms with Gasteiger partial charge in [0.15, 0.2) is 5.82 Å². The molecule has 0 radical (unpaired) electrons. The van der Waals surface area contributed by atoms with E-state index in [0.29, 0.717) is 30.4 Å². The molecule has 2 amide bonds. The number of nitrogens with zero attached hydrogens (tertiary/aromatic N) is 4. The van der Waals surface area contributed by atoms with Crippen molar-refractivity contribution in [1.82, 2.24) is 19.7 Å². The fraction of sp³-hybridized carbons (Fsp3) is 0.444. The first-order valence-electron chi connectivity index (χ1n) is 9.10. The molecule has 28 heavy (non-hydrogen) atoms. The first kappa shape index (κ1) is 18.2. The van der Waals surface area contributed by atoms with Crippen LogP contribution in [-0.4, -0.2) is 52.7 Å². The predicted molar refractivity (Wildman–Crippen MR) is 98.4 cm³/mol. The number of anilines is 1. The quantitative estimate of drug-likeness (QED) is 0.766. The number of amides is 2. The van der Waals surface area contributed by atoms with E-state index in [1.165, 1.54) is 4.90 Å². The van der Waals surface area contributed by atoms with Gasteiger partial charge in [-0.05, 0) is 37.1 Å². The number of methoxy groups -OCH3 is 1. The standard InChI is InChI=1S/C18H21N5O5/c1-27-13-6-4-12(5-7-13)21-10-15-20-22(18(26)23(15)17(21)25)11-16(24)19-9-14-3-2-8-28-14/h4-7,14H,2-3,8-11H2,1H3,(H,19,24)/t14-/m0/s1. The van der Waals surface area contributed by atoms with E-state index in [-0.39, 0.29) is 25.1 Å². The summed E-state index contributed by atoms with van der Waals surface area (Å²) in [5.41, 5.74) is 0.0137. The van der Waals surface area contributed by atoms with E-state index in [1.54, 1.807) is 31.4 Å². The Morgan fingerprint density at radius 1 is 1.32 bits per heavy atom. The van der Waals surface area contributed by atoms with Crippen molar-refractivity contribution in [2.75, 3.05) is 25.2 Å². The molecule has 10 nitrogen and oxygen atoms in total. The number of rotatable bonds is 6. The molecular weight excluding hydrogens is 366 g/mol. The van der Waals surface area contributed by atoms with E-state index < -0.39 is 11.7 Å². The highest BCUT2D eigenvalue weighted by molar-refractivity contribution is 5.96. The Morgan fingerprint density at radius 3 is 2.75 bits per heavy atom. The Hall–Kier alpha value is -3.14. The lowest BCUT2D eigenvalue weighted by Crippen LogP contribution is -2.39. The number of fused-ring (bicyclic) bond motifs is 1. The number of nitrogens with one attached hydrogen (secondary N) is 1. The van der Waals surface area contributed by atoms with Crippen molar-refractivity contribution in [2.45, 2.75) is 32.0 Å². The van der Waals surface area contributed by atoms with Crippen LogP contribution in [0, 0.1) is 0 Å².